The van der Waals surface area contributed by atoms with Crippen molar-refractivity contribution in [3.8, 4) is 11.5 Å². The fourth-order valence-electron chi connectivity index (χ4n) is 2.96. The molecule has 0 fully saturated rings. The Hall–Kier alpha value is -3.32. The molecule has 0 bridgehead atoms. The van der Waals surface area contributed by atoms with E-state index in [0.29, 0.717) is 30.0 Å². The Bertz CT molecular complexity index is 1050. The normalized spacial score (nSPS) is 11.5. The maximum atomic E-state index is 12.3. The van der Waals surface area contributed by atoms with Gasteiger partial charge in [-0.1, -0.05) is 24.3 Å². The molecule has 1 heterocycles. The van der Waals surface area contributed by atoms with E-state index in [0.717, 1.165) is 11.1 Å². The van der Waals surface area contributed by atoms with Gasteiger partial charge in [-0.15, -0.1) is 0 Å². The predicted molar refractivity (Wildman–Crippen MR) is 124 cm³/mol. The molecule has 0 spiro atoms. The molecule has 7 heteroatoms. The second-order valence-electron chi connectivity index (χ2n) is 7.01. The van der Waals surface area contributed by atoms with Gasteiger partial charge < -0.3 is 15.4 Å². The number of nitrogens with zero attached hydrogens (tertiary/aromatic N) is 1. The Labute approximate surface area is 187 Å². The molecule has 6 nitrogen and oxygen atoms in total. The number of benzene rings is 2. The molecule has 3 rings (SSSR count). The van der Waals surface area contributed by atoms with Crippen molar-refractivity contribution in [3.63, 3.8) is 0 Å². The van der Waals surface area contributed by atoms with Crippen LogP contribution in [-0.2, 0) is 6.42 Å². The molecule has 0 aliphatic carbocycles. The minimum absolute atomic E-state index is 0.107. The van der Waals surface area contributed by atoms with Crippen LogP contribution in [0.2, 0.25) is 0 Å². The summed E-state index contributed by atoms with van der Waals surface area (Å²) in [6.45, 7) is 2.49. The van der Waals surface area contributed by atoms with Crippen LogP contribution >= 0.6 is 12.6 Å². The molecule has 2 amide bonds. The summed E-state index contributed by atoms with van der Waals surface area (Å²) < 4.78 is 5.87. The Morgan fingerprint density at radius 2 is 1.77 bits per heavy atom. The highest BCUT2D eigenvalue weighted by atomic mass is 32.1. The number of hydrogen-bond donors (Lipinski definition) is 3. The van der Waals surface area contributed by atoms with Crippen molar-refractivity contribution in [2.24, 2.45) is 0 Å². The third-order valence-corrected chi connectivity index (χ3v) is 4.98. The van der Waals surface area contributed by atoms with Crippen LogP contribution in [0.25, 0.3) is 0 Å². The van der Waals surface area contributed by atoms with Gasteiger partial charge in [0.1, 0.15) is 17.2 Å². The second kappa shape index (κ2) is 10.6. The lowest BCUT2D eigenvalue weighted by molar-refractivity contribution is 0.0947. The number of nitrogens with one attached hydrogen (secondary N) is 2. The van der Waals surface area contributed by atoms with Gasteiger partial charge in [-0.25, -0.2) is 0 Å². The summed E-state index contributed by atoms with van der Waals surface area (Å²) in [5.41, 5.74) is 3.01. The van der Waals surface area contributed by atoms with Gasteiger partial charge >= 0.3 is 0 Å². The average molecular weight is 436 g/mol. The van der Waals surface area contributed by atoms with Crippen molar-refractivity contribution < 1.29 is 14.3 Å². The van der Waals surface area contributed by atoms with Gasteiger partial charge in [0.15, 0.2) is 0 Å². The van der Waals surface area contributed by atoms with Gasteiger partial charge in [-0.3, -0.25) is 14.6 Å². The lowest BCUT2D eigenvalue weighted by Gasteiger charge is -2.10. The molecule has 1 atom stereocenters. The fourth-order valence-corrected chi connectivity index (χ4v) is 3.14. The Balaban J connectivity index is 1.56. The number of rotatable bonds is 8. The second-order valence-corrected chi connectivity index (χ2v) is 7.78. The molecule has 0 saturated carbocycles. The van der Waals surface area contributed by atoms with E-state index in [-0.39, 0.29) is 22.8 Å². The van der Waals surface area contributed by atoms with Crippen LogP contribution in [0, 0.1) is 0 Å². The van der Waals surface area contributed by atoms with E-state index in [1.54, 1.807) is 19.2 Å². The van der Waals surface area contributed by atoms with Crippen molar-refractivity contribution in [2.45, 2.75) is 18.6 Å². The first-order chi connectivity index (χ1) is 15.0. The van der Waals surface area contributed by atoms with Gasteiger partial charge in [-0.05, 0) is 54.8 Å². The van der Waals surface area contributed by atoms with Crippen LogP contribution in [0.4, 0.5) is 0 Å². The summed E-state index contributed by atoms with van der Waals surface area (Å²) in [5, 5.41) is 5.61. The number of amides is 2. The summed E-state index contributed by atoms with van der Waals surface area (Å²) in [7, 11) is 1.55. The average Bonchev–Trinajstić information content (AvgIpc) is 2.79. The molecule has 2 aromatic carbocycles. The summed E-state index contributed by atoms with van der Waals surface area (Å²) in [6.07, 6.45) is 2.19. The summed E-state index contributed by atoms with van der Waals surface area (Å²) in [5.74, 6) is 0.793. The van der Waals surface area contributed by atoms with E-state index in [1.807, 2.05) is 55.5 Å². The number of carbonyl (C=O) groups is 2. The van der Waals surface area contributed by atoms with E-state index < -0.39 is 0 Å². The Morgan fingerprint density at radius 1 is 1.03 bits per heavy atom. The van der Waals surface area contributed by atoms with Gasteiger partial charge in [0, 0.05) is 36.7 Å². The number of ether oxygens (including phenoxy) is 1. The minimum atomic E-state index is -0.273. The monoisotopic (exact) mass is 435 g/mol. The highest BCUT2D eigenvalue weighted by Gasteiger charge is 2.08. The Kier molecular flexibility index (Phi) is 7.67. The summed E-state index contributed by atoms with van der Waals surface area (Å²) in [6, 6.07) is 18.4. The number of hydrogen-bond acceptors (Lipinski definition) is 5. The van der Waals surface area contributed by atoms with E-state index in [9.17, 15) is 9.59 Å². The van der Waals surface area contributed by atoms with Crippen LogP contribution in [0.15, 0.2) is 66.9 Å². The molecule has 3 aromatic rings. The third kappa shape index (κ3) is 6.33. The molecule has 1 aromatic heterocycles. The molecule has 0 aliphatic rings. The molecule has 31 heavy (non-hydrogen) atoms. The first kappa shape index (κ1) is 22.4. The zero-order valence-corrected chi connectivity index (χ0v) is 18.4. The van der Waals surface area contributed by atoms with Crippen molar-refractivity contribution in [3.05, 3.63) is 89.2 Å². The van der Waals surface area contributed by atoms with Crippen molar-refractivity contribution in [1.82, 2.24) is 15.6 Å². The van der Waals surface area contributed by atoms with E-state index in [4.69, 9.17) is 4.74 Å². The summed E-state index contributed by atoms with van der Waals surface area (Å²) in [4.78, 5) is 28.1. The number of thiol groups is 1. The fraction of sp³-hybridized carbons (Fsp3) is 0.208. The topological polar surface area (TPSA) is 80.3 Å². The molecular weight excluding hydrogens is 410 g/mol. The molecule has 0 radical (unpaired) electrons. The number of pyridine rings is 1. The third-order valence-electron chi connectivity index (χ3n) is 4.68. The summed E-state index contributed by atoms with van der Waals surface area (Å²) >= 11 is 4.40. The van der Waals surface area contributed by atoms with Crippen LogP contribution < -0.4 is 15.4 Å². The van der Waals surface area contributed by atoms with E-state index in [1.165, 1.54) is 6.20 Å². The van der Waals surface area contributed by atoms with Gasteiger partial charge in [0.25, 0.3) is 11.8 Å². The lowest BCUT2D eigenvalue weighted by atomic mass is 10.1. The number of carbonyl (C=O) groups excluding carboxylic acids is 2. The zero-order valence-electron chi connectivity index (χ0n) is 17.5. The van der Waals surface area contributed by atoms with Gasteiger partial charge in [-0.2, -0.15) is 12.6 Å². The van der Waals surface area contributed by atoms with E-state index >= 15 is 0 Å². The standard InChI is InChI=1S/C24H25N3O3S/c1-16(31)18-6-8-19(9-7-18)23(28)27-12-10-17-4-3-5-20(14-17)30-21-11-13-26-22(15-21)24(29)25-2/h3-9,11,13-16,31H,10,12H2,1-2H3,(H,25,29)(H,27,28). The zero-order chi connectivity index (χ0) is 22.2. The number of aromatic nitrogens is 1. The maximum absolute atomic E-state index is 12.3. The quantitative estimate of drug-likeness (QED) is 0.464. The van der Waals surface area contributed by atoms with Crippen LogP contribution in [0.1, 0.15) is 44.1 Å². The lowest BCUT2D eigenvalue weighted by Crippen LogP contribution is -2.25. The van der Waals surface area contributed by atoms with Crippen molar-refractivity contribution >= 4 is 24.4 Å². The SMILES string of the molecule is CNC(=O)c1cc(Oc2cccc(CCNC(=O)c3ccc(C(C)S)cc3)c2)ccn1. The molecule has 2 N–H and O–H groups in total. The van der Waals surface area contributed by atoms with E-state index in [2.05, 4.69) is 28.2 Å². The van der Waals surface area contributed by atoms with Gasteiger partial charge in [0.05, 0.1) is 0 Å². The van der Waals surface area contributed by atoms with Gasteiger partial charge in [0.2, 0.25) is 0 Å². The predicted octanol–water partition coefficient (Wildman–Crippen LogP) is 4.20. The van der Waals surface area contributed by atoms with Crippen LogP contribution in [0.3, 0.4) is 0 Å². The molecule has 160 valence electrons. The first-order valence-electron chi connectivity index (χ1n) is 9.97. The largest absolute Gasteiger partial charge is 0.457 e. The van der Waals surface area contributed by atoms with Crippen LogP contribution in [0.5, 0.6) is 11.5 Å². The Morgan fingerprint density at radius 3 is 2.48 bits per heavy atom. The molecule has 0 aliphatic heterocycles. The smallest absolute Gasteiger partial charge is 0.269 e. The minimum Gasteiger partial charge on any atom is -0.457 e. The molecule has 1 unspecified atom stereocenters. The highest BCUT2D eigenvalue weighted by molar-refractivity contribution is 7.80. The molecule has 0 saturated heterocycles. The first-order valence-corrected chi connectivity index (χ1v) is 10.5. The van der Waals surface area contributed by atoms with Crippen molar-refractivity contribution in [1.29, 1.82) is 0 Å². The van der Waals surface area contributed by atoms with Crippen molar-refractivity contribution in [2.75, 3.05) is 13.6 Å². The highest BCUT2D eigenvalue weighted by Crippen LogP contribution is 2.23. The maximum Gasteiger partial charge on any atom is 0.269 e. The molecular formula is C24H25N3O3S. The van der Waals surface area contributed by atoms with Crippen LogP contribution in [-0.4, -0.2) is 30.4 Å².